The largest absolute Gasteiger partial charge is 0.463 e. The average Bonchev–Trinajstić information content (AvgIpc) is 3.51. The van der Waals surface area contributed by atoms with Crippen molar-refractivity contribution < 1.29 is 38.4 Å². The highest BCUT2D eigenvalue weighted by molar-refractivity contribution is 6.08. The Labute approximate surface area is 272 Å². The number of benzene rings is 3. The van der Waals surface area contributed by atoms with E-state index in [9.17, 15) is 49.5 Å². The molecule has 0 saturated carbocycles. The molecule has 2 aliphatic heterocycles. The smallest absolute Gasteiger partial charge is 0.300 e. The van der Waals surface area contributed by atoms with Gasteiger partial charge in [0.25, 0.3) is 23.2 Å². The van der Waals surface area contributed by atoms with Gasteiger partial charge in [-0.1, -0.05) is 6.07 Å². The number of carbonyl (C=O) groups excluding carboxylic acids is 3. The third-order valence-electron chi connectivity index (χ3n) is 8.26. The fourth-order valence-electron chi connectivity index (χ4n) is 6.07. The molecule has 3 amide bonds. The van der Waals surface area contributed by atoms with Crippen LogP contribution in [0, 0.1) is 50.1 Å². The van der Waals surface area contributed by atoms with Crippen molar-refractivity contribution in [3.8, 4) is 0 Å². The van der Waals surface area contributed by atoms with Crippen LogP contribution < -0.4 is 16.6 Å². The summed E-state index contributed by atoms with van der Waals surface area (Å²) in [5, 5.41) is 36.5. The van der Waals surface area contributed by atoms with Crippen molar-refractivity contribution in [3.63, 3.8) is 0 Å². The lowest BCUT2D eigenvalue weighted by Crippen LogP contribution is -2.41. The second-order valence-electron chi connectivity index (χ2n) is 11.4. The van der Waals surface area contributed by atoms with Crippen molar-refractivity contribution in [3.05, 3.63) is 123 Å². The van der Waals surface area contributed by atoms with Gasteiger partial charge in [-0.05, 0) is 49.2 Å². The van der Waals surface area contributed by atoms with Crippen molar-refractivity contribution in [1.29, 1.82) is 0 Å². The number of imide groups is 1. The van der Waals surface area contributed by atoms with Gasteiger partial charge in [0.1, 0.15) is 11.3 Å². The number of hydrogen-bond donors (Lipinski definition) is 2. The molecule has 0 spiro atoms. The number of hydrazine groups is 1. The summed E-state index contributed by atoms with van der Waals surface area (Å²) in [6.45, 7) is 3.03. The highest BCUT2D eigenvalue weighted by Gasteiger charge is 2.61. The van der Waals surface area contributed by atoms with Crippen LogP contribution in [0.2, 0.25) is 0 Å². The number of amides is 3. The number of rotatable bonds is 9. The topological polar surface area (TPSA) is 265 Å². The Bertz CT molecular complexity index is 2220. The minimum Gasteiger partial charge on any atom is -0.463 e. The van der Waals surface area contributed by atoms with Crippen molar-refractivity contribution in [2.24, 2.45) is 11.7 Å². The molecule has 4 aromatic rings. The van der Waals surface area contributed by atoms with Crippen LogP contribution in [0.5, 0.6) is 0 Å². The van der Waals surface area contributed by atoms with E-state index in [4.69, 9.17) is 15.0 Å². The van der Waals surface area contributed by atoms with Gasteiger partial charge in [-0.15, -0.1) is 0 Å². The number of nitrogens with zero attached hydrogens (tertiary/aromatic N) is 5. The summed E-state index contributed by atoms with van der Waals surface area (Å²) in [5.41, 5.74) is 6.03. The number of non-ortho nitro benzene ring substituents is 1. The summed E-state index contributed by atoms with van der Waals surface area (Å²) in [4.78, 5) is 91.6. The second-order valence-corrected chi connectivity index (χ2v) is 11.4. The lowest BCUT2D eigenvalue weighted by atomic mass is 9.90. The van der Waals surface area contributed by atoms with E-state index in [2.05, 4.69) is 5.43 Å². The van der Waals surface area contributed by atoms with Gasteiger partial charge in [0.2, 0.25) is 5.91 Å². The molecule has 0 radical (unpaired) electrons. The standard InChI is InChI=1S/C30H23N7O12/c1-13-7-14(2)26-18(8-13)25(38)19(12-48-26)24-23-27(49-33(24)11-16-4-3-15(28(31)39)9-21(16)36(44)45)30(41)34(29(23)40)32-20-6-5-17(35(42)43)10-22(20)37(46)47/h3-10,12,23-24,27,32H,11H2,1-2H3,(H2,31,39). The van der Waals surface area contributed by atoms with Gasteiger partial charge in [-0.25, -0.2) is 0 Å². The summed E-state index contributed by atoms with van der Waals surface area (Å²) in [5.74, 6) is -4.43. The zero-order chi connectivity index (χ0) is 35.5. The van der Waals surface area contributed by atoms with Gasteiger partial charge in [0, 0.05) is 23.3 Å². The maximum Gasteiger partial charge on any atom is 0.300 e. The van der Waals surface area contributed by atoms with Crippen LogP contribution in [0.25, 0.3) is 11.0 Å². The quantitative estimate of drug-likeness (QED) is 0.147. The molecular formula is C30H23N7O12. The minimum absolute atomic E-state index is 0.0202. The van der Waals surface area contributed by atoms with E-state index in [1.54, 1.807) is 26.0 Å². The van der Waals surface area contributed by atoms with Crippen molar-refractivity contribution in [2.75, 3.05) is 5.43 Å². The van der Waals surface area contributed by atoms with Crippen molar-refractivity contribution in [2.45, 2.75) is 32.5 Å². The van der Waals surface area contributed by atoms with Crippen LogP contribution in [-0.4, -0.2) is 48.7 Å². The molecular weight excluding hydrogens is 650 g/mol. The number of nitro benzene ring substituents is 3. The number of hydrogen-bond acceptors (Lipinski definition) is 14. The van der Waals surface area contributed by atoms with E-state index in [1.165, 1.54) is 12.1 Å². The summed E-state index contributed by atoms with van der Waals surface area (Å²) in [6, 6.07) is 7.95. The van der Waals surface area contributed by atoms with Gasteiger partial charge in [0.15, 0.2) is 11.5 Å². The molecule has 3 N–H and O–H groups in total. The van der Waals surface area contributed by atoms with Crippen LogP contribution in [0.3, 0.4) is 0 Å². The van der Waals surface area contributed by atoms with E-state index in [0.29, 0.717) is 16.6 Å². The molecule has 0 bridgehead atoms. The Morgan fingerprint density at radius 3 is 2.29 bits per heavy atom. The van der Waals surface area contributed by atoms with Gasteiger partial charge in [-0.2, -0.15) is 10.1 Å². The number of nitro groups is 3. The third kappa shape index (κ3) is 5.47. The third-order valence-corrected chi connectivity index (χ3v) is 8.26. The molecule has 250 valence electrons. The van der Waals surface area contributed by atoms with E-state index in [1.807, 2.05) is 0 Å². The van der Waals surface area contributed by atoms with Crippen LogP contribution >= 0.6 is 0 Å². The molecule has 2 saturated heterocycles. The Hall–Kier alpha value is -6.60. The van der Waals surface area contributed by atoms with Crippen LogP contribution in [0.4, 0.5) is 22.7 Å². The zero-order valence-corrected chi connectivity index (χ0v) is 25.3. The maximum absolute atomic E-state index is 14.0. The fraction of sp³-hybridized carbons (Fsp3) is 0.200. The Morgan fingerprint density at radius 1 is 0.918 bits per heavy atom. The molecule has 3 unspecified atom stereocenters. The average molecular weight is 674 g/mol. The number of nitrogens with one attached hydrogen (secondary N) is 1. The molecule has 0 aliphatic carbocycles. The fourth-order valence-corrected chi connectivity index (χ4v) is 6.07. The Morgan fingerprint density at radius 2 is 1.63 bits per heavy atom. The summed E-state index contributed by atoms with van der Waals surface area (Å²) < 4.78 is 5.83. The molecule has 19 heteroatoms. The Kier molecular flexibility index (Phi) is 7.85. The van der Waals surface area contributed by atoms with Crippen LogP contribution in [-0.2, 0) is 21.0 Å². The number of carbonyl (C=O) groups is 3. The highest BCUT2D eigenvalue weighted by atomic mass is 16.7. The minimum atomic E-state index is -1.62. The first kappa shape index (κ1) is 32.3. The highest BCUT2D eigenvalue weighted by Crippen LogP contribution is 2.46. The molecule has 2 aliphatic rings. The number of aryl methyl sites for hydroxylation is 2. The number of fused-ring (bicyclic) bond motifs is 2. The molecule has 3 atom stereocenters. The maximum atomic E-state index is 14.0. The van der Waals surface area contributed by atoms with Gasteiger partial charge >= 0.3 is 5.69 Å². The first-order chi connectivity index (χ1) is 23.2. The van der Waals surface area contributed by atoms with E-state index in [-0.39, 0.29) is 27.7 Å². The molecule has 1 aromatic heterocycles. The monoisotopic (exact) mass is 673 g/mol. The van der Waals surface area contributed by atoms with E-state index in [0.717, 1.165) is 35.1 Å². The van der Waals surface area contributed by atoms with Crippen molar-refractivity contribution >= 4 is 51.4 Å². The van der Waals surface area contributed by atoms with Crippen LogP contribution in [0.1, 0.15) is 38.7 Å². The predicted molar refractivity (Wildman–Crippen MR) is 165 cm³/mol. The molecule has 49 heavy (non-hydrogen) atoms. The zero-order valence-electron chi connectivity index (χ0n) is 25.3. The van der Waals surface area contributed by atoms with E-state index < -0.39 is 85.3 Å². The molecule has 6 rings (SSSR count). The lowest BCUT2D eigenvalue weighted by Gasteiger charge is -2.27. The first-order valence-corrected chi connectivity index (χ1v) is 14.3. The van der Waals surface area contributed by atoms with Gasteiger partial charge in [-0.3, -0.25) is 59.8 Å². The normalized spacial score (nSPS) is 18.9. The summed E-state index contributed by atoms with van der Waals surface area (Å²) in [7, 11) is 0. The second kappa shape index (κ2) is 11.9. The SMILES string of the molecule is Cc1cc(C)c2occ(C3C4C(=O)N(Nc5ccc([N+](=O)[O-])cc5[N+](=O)[O-])C(=O)C4ON3Cc3ccc(C(N)=O)cc3[N+](=O)[O-])c(=O)c2c1. The molecule has 3 heterocycles. The van der Waals surface area contributed by atoms with E-state index >= 15 is 0 Å². The lowest BCUT2D eigenvalue weighted by molar-refractivity contribution is -0.393. The molecule has 3 aromatic carbocycles. The number of hydroxylamine groups is 2. The first-order valence-electron chi connectivity index (χ1n) is 14.3. The number of nitrogens with two attached hydrogens (primary N) is 1. The summed E-state index contributed by atoms with van der Waals surface area (Å²) >= 11 is 0. The van der Waals surface area contributed by atoms with Gasteiger partial charge in [0.05, 0.1) is 56.6 Å². The number of anilines is 1. The van der Waals surface area contributed by atoms with Crippen LogP contribution in [0.15, 0.2) is 64.0 Å². The van der Waals surface area contributed by atoms with Gasteiger partial charge < -0.3 is 10.2 Å². The number of primary amides is 1. The van der Waals surface area contributed by atoms with Crippen molar-refractivity contribution in [1.82, 2.24) is 10.1 Å². The Balaban J connectivity index is 1.45. The predicted octanol–water partition coefficient (Wildman–Crippen LogP) is 3.10. The molecule has 19 nitrogen and oxygen atoms in total. The molecule has 2 fully saturated rings. The summed E-state index contributed by atoms with van der Waals surface area (Å²) in [6.07, 6.45) is -0.517.